The summed E-state index contributed by atoms with van der Waals surface area (Å²) in [5, 5.41) is 9.90. The van der Waals surface area contributed by atoms with Gasteiger partial charge in [0.15, 0.2) is 0 Å². The third-order valence-corrected chi connectivity index (χ3v) is 7.23. The summed E-state index contributed by atoms with van der Waals surface area (Å²) in [6, 6.07) is 3.59. The summed E-state index contributed by atoms with van der Waals surface area (Å²) in [6.45, 7) is 6.90. The minimum atomic E-state index is -3.43. The molecule has 0 aliphatic carbocycles. The highest BCUT2D eigenvalue weighted by atomic mass is 32.2. The standard InChI is InChI=1S/C14H23NO3S2/c1-4-12-5-6-13(19-12)20(17,18)15-8-7-11(16)9-14(2,3)10-15/h5-6,11,16H,4,7-10H2,1-3H3. The number of nitrogens with zero attached hydrogens (tertiary/aromatic N) is 1. The van der Waals surface area contributed by atoms with Crippen LogP contribution in [-0.2, 0) is 16.4 Å². The van der Waals surface area contributed by atoms with Crippen molar-refractivity contribution in [2.75, 3.05) is 13.1 Å². The van der Waals surface area contributed by atoms with Gasteiger partial charge in [0, 0.05) is 18.0 Å². The maximum Gasteiger partial charge on any atom is 0.252 e. The van der Waals surface area contributed by atoms with Gasteiger partial charge in [0.05, 0.1) is 6.10 Å². The van der Waals surface area contributed by atoms with E-state index in [0.717, 1.165) is 11.3 Å². The van der Waals surface area contributed by atoms with Crippen LogP contribution in [0.25, 0.3) is 0 Å². The van der Waals surface area contributed by atoms with E-state index in [-0.39, 0.29) is 5.41 Å². The number of hydrogen-bond donors (Lipinski definition) is 1. The second-order valence-electron chi connectivity index (χ2n) is 6.22. The van der Waals surface area contributed by atoms with Crippen LogP contribution in [0.3, 0.4) is 0 Å². The van der Waals surface area contributed by atoms with Crippen LogP contribution in [0, 0.1) is 5.41 Å². The molecule has 1 saturated heterocycles. The average molecular weight is 317 g/mol. The van der Waals surface area contributed by atoms with Gasteiger partial charge in [0.1, 0.15) is 4.21 Å². The van der Waals surface area contributed by atoms with Crippen LogP contribution in [0.1, 0.15) is 38.5 Å². The first-order valence-corrected chi connectivity index (χ1v) is 9.27. The lowest BCUT2D eigenvalue weighted by atomic mass is 9.87. The van der Waals surface area contributed by atoms with Crippen molar-refractivity contribution < 1.29 is 13.5 Å². The Morgan fingerprint density at radius 1 is 1.45 bits per heavy atom. The molecule has 2 rings (SSSR count). The van der Waals surface area contributed by atoms with E-state index in [0.29, 0.717) is 30.1 Å². The SMILES string of the molecule is CCc1ccc(S(=O)(=O)N2CCC(O)CC(C)(C)C2)s1. The lowest BCUT2D eigenvalue weighted by molar-refractivity contribution is 0.122. The number of thiophene rings is 1. The maximum atomic E-state index is 12.7. The van der Waals surface area contributed by atoms with E-state index in [2.05, 4.69) is 0 Å². The lowest BCUT2D eigenvalue weighted by Gasteiger charge is -2.28. The van der Waals surface area contributed by atoms with Gasteiger partial charge in [-0.05, 0) is 36.8 Å². The zero-order valence-corrected chi connectivity index (χ0v) is 13.9. The molecule has 0 saturated carbocycles. The van der Waals surface area contributed by atoms with Crippen molar-refractivity contribution >= 4 is 21.4 Å². The van der Waals surface area contributed by atoms with Crippen molar-refractivity contribution in [3.8, 4) is 0 Å². The summed E-state index contributed by atoms with van der Waals surface area (Å²) in [5.74, 6) is 0. The number of rotatable bonds is 3. The smallest absolute Gasteiger partial charge is 0.252 e. The van der Waals surface area contributed by atoms with E-state index in [9.17, 15) is 13.5 Å². The van der Waals surface area contributed by atoms with E-state index in [4.69, 9.17) is 0 Å². The van der Waals surface area contributed by atoms with Crippen molar-refractivity contribution in [2.45, 2.75) is 50.3 Å². The fourth-order valence-corrected chi connectivity index (χ4v) is 5.77. The van der Waals surface area contributed by atoms with Gasteiger partial charge in [-0.1, -0.05) is 20.8 Å². The van der Waals surface area contributed by atoms with Crippen LogP contribution < -0.4 is 0 Å². The van der Waals surface area contributed by atoms with Crippen LogP contribution in [0.5, 0.6) is 0 Å². The second kappa shape index (κ2) is 5.75. The van der Waals surface area contributed by atoms with Gasteiger partial charge in [0.2, 0.25) is 0 Å². The molecular weight excluding hydrogens is 294 g/mol. The zero-order chi connectivity index (χ0) is 15.0. The summed E-state index contributed by atoms with van der Waals surface area (Å²) in [4.78, 5) is 1.08. The first-order valence-electron chi connectivity index (χ1n) is 7.01. The second-order valence-corrected chi connectivity index (χ2v) is 9.56. The molecule has 6 heteroatoms. The summed E-state index contributed by atoms with van der Waals surface area (Å²) in [5.41, 5.74) is -0.201. The monoisotopic (exact) mass is 317 g/mol. The fourth-order valence-electron chi connectivity index (χ4n) is 2.67. The Labute approximate surface area is 125 Å². The summed E-state index contributed by atoms with van der Waals surface area (Å²) in [7, 11) is -3.43. The Bertz CT molecular complexity index is 563. The predicted molar refractivity (Wildman–Crippen MR) is 81.5 cm³/mol. The maximum absolute atomic E-state index is 12.7. The van der Waals surface area contributed by atoms with E-state index in [1.807, 2.05) is 26.8 Å². The topological polar surface area (TPSA) is 57.6 Å². The first kappa shape index (κ1) is 15.9. The minimum absolute atomic E-state index is 0.201. The van der Waals surface area contributed by atoms with Gasteiger partial charge in [-0.25, -0.2) is 8.42 Å². The third-order valence-electron chi connectivity index (χ3n) is 3.68. The molecule has 1 aromatic rings. The molecule has 0 bridgehead atoms. The Balaban J connectivity index is 2.28. The molecule has 1 atom stereocenters. The van der Waals surface area contributed by atoms with Crippen LogP contribution in [0.2, 0.25) is 0 Å². The molecule has 0 radical (unpaired) electrons. The Morgan fingerprint density at radius 2 is 2.15 bits per heavy atom. The fraction of sp³-hybridized carbons (Fsp3) is 0.714. The number of hydrogen-bond acceptors (Lipinski definition) is 4. The van der Waals surface area contributed by atoms with E-state index in [1.54, 1.807) is 6.07 Å². The van der Waals surface area contributed by atoms with Gasteiger partial charge in [-0.2, -0.15) is 4.31 Å². The van der Waals surface area contributed by atoms with E-state index in [1.165, 1.54) is 15.6 Å². The third kappa shape index (κ3) is 3.42. The van der Waals surface area contributed by atoms with Crippen LogP contribution in [0.15, 0.2) is 16.3 Å². The van der Waals surface area contributed by atoms with Crippen LogP contribution in [0.4, 0.5) is 0 Å². The highest BCUT2D eigenvalue weighted by Gasteiger charge is 2.35. The van der Waals surface area contributed by atoms with Gasteiger partial charge >= 0.3 is 0 Å². The number of aryl methyl sites for hydroxylation is 1. The number of sulfonamides is 1. The van der Waals surface area contributed by atoms with Crippen molar-refractivity contribution in [1.29, 1.82) is 0 Å². The normalized spacial score (nSPS) is 24.5. The van der Waals surface area contributed by atoms with Gasteiger partial charge in [-0.15, -0.1) is 11.3 Å². The quantitative estimate of drug-likeness (QED) is 0.932. The first-order chi connectivity index (χ1) is 9.24. The molecule has 2 heterocycles. The van der Waals surface area contributed by atoms with Crippen molar-refractivity contribution in [3.05, 3.63) is 17.0 Å². The molecule has 1 aromatic heterocycles. The van der Waals surface area contributed by atoms with Crippen molar-refractivity contribution in [1.82, 2.24) is 4.31 Å². The Hall–Kier alpha value is -0.430. The molecule has 1 aliphatic rings. The van der Waals surface area contributed by atoms with Crippen LogP contribution in [-0.4, -0.2) is 37.0 Å². The molecule has 1 aliphatic heterocycles. The molecular formula is C14H23NO3S2. The molecule has 1 fully saturated rings. The molecule has 4 nitrogen and oxygen atoms in total. The zero-order valence-electron chi connectivity index (χ0n) is 12.3. The Morgan fingerprint density at radius 3 is 2.75 bits per heavy atom. The largest absolute Gasteiger partial charge is 0.393 e. The highest BCUT2D eigenvalue weighted by molar-refractivity contribution is 7.91. The Kier molecular flexibility index (Phi) is 4.59. The summed E-state index contributed by atoms with van der Waals surface area (Å²) < 4.78 is 27.4. The molecule has 0 amide bonds. The minimum Gasteiger partial charge on any atom is -0.393 e. The summed E-state index contributed by atoms with van der Waals surface area (Å²) in [6.07, 6.45) is 1.59. The lowest BCUT2D eigenvalue weighted by Crippen LogP contribution is -2.37. The molecule has 1 N–H and O–H groups in total. The van der Waals surface area contributed by atoms with E-state index >= 15 is 0 Å². The van der Waals surface area contributed by atoms with Crippen molar-refractivity contribution in [3.63, 3.8) is 0 Å². The molecule has 1 unspecified atom stereocenters. The number of aliphatic hydroxyl groups is 1. The van der Waals surface area contributed by atoms with E-state index < -0.39 is 16.1 Å². The summed E-state index contributed by atoms with van der Waals surface area (Å²) >= 11 is 1.35. The van der Waals surface area contributed by atoms with Crippen LogP contribution >= 0.6 is 11.3 Å². The highest BCUT2D eigenvalue weighted by Crippen LogP contribution is 2.33. The predicted octanol–water partition coefficient (Wildman–Crippen LogP) is 2.48. The van der Waals surface area contributed by atoms with Gasteiger partial charge in [0.25, 0.3) is 10.0 Å². The van der Waals surface area contributed by atoms with Crippen molar-refractivity contribution in [2.24, 2.45) is 5.41 Å². The van der Waals surface area contributed by atoms with Gasteiger partial charge in [-0.3, -0.25) is 0 Å². The number of aliphatic hydroxyl groups excluding tert-OH is 1. The van der Waals surface area contributed by atoms with Gasteiger partial charge < -0.3 is 5.11 Å². The molecule has 0 aromatic carbocycles. The molecule has 0 spiro atoms. The average Bonchev–Trinajstić information content (AvgIpc) is 2.77. The molecule has 114 valence electrons. The molecule has 20 heavy (non-hydrogen) atoms.